The Labute approximate surface area is 123 Å². The fourth-order valence-electron chi connectivity index (χ4n) is 2.02. The summed E-state index contributed by atoms with van der Waals surface area (Å²) in [6.07, 6.45) is 0.904. The molecule has 0 saturated heterocycles. The van der Waals surface area contributed by atoms with Crippen LogP contribution in [0.15, 0.2) is 42.5 Å². The van der Waals surface area contributed by atoms with Crippen LogP contribution in [0, 0.1) is 0 Å². The van der Waals surface area contributed by atoms with Crippen molar-refractivity contribution in [3.05, 3.63) is 58.6 Å². The lowest BCUT2D eigenvalue weighted by Crippen LogP contribution is -2.27. The van der Waals surface area contributed by atoms with Crippen LogP contribution < -0.4 is 5.32 Å². The number of rotatable bonds is 5. The van der Waals surface area contributed by atoms with Crippen LogP contribution in [-0.2, 0) is 13.0 Å². The van der Waals surface area contributed by atoms with Gasteiger partial charge in [-0.3, -0.25) is 0 Å². The number of nitrogens with one attached hydrogen (secondary N) is 1. The van der Waals surface area contributed by atoms with Crippen LogP contribution in [0.4, 0.5) is 0 Å². The topological polar surface area (TPSA) is 52.5 Å². The van der Waals surface area contributed by atoms with Gasteiger partial charge < -0.3 is 15.5 Å². The zero-order valence-corrected chi connectivity index (χ0v) is 12.1. The first-order valence-corrected chi connectivity index (χ1v) is 6.91. The maximum Gasteiger partial charge on any atom is 0.157 e. The van der Waals surface area contributed by atoms with Crippen molar-refractivity contribution >= 4 is 11.6 Å². The smallest absolute Gasteiger partial charge is 0.157 e. The molecule has 106 valence electrons. The van der Waals surface area contributed by atoms with Crippen molar-refractivity contribution < 1.29 is 10.2 Å². The van der Waals surface area contributed by atoms with Crippen molar-refractivity contribution in [3.8, 4) is 11.5 Å². The van der Waals surface area contributed by atoms with E-state index in [0.29, 0.717) is 12.6 Å². The Hall–Kier alpha value is -1.71. The highest BCUT2D eigenvalue weighted by Crippen LogP contribution is 2.24. The van der Waals surface area contributed by atoms with Crippen LogP contribution in [0.3, 0.4) is 0 Å². The molecule has 0 radical (unpaired) electrons. The van der Waals surface area contributed by atoms with Gasteiger partial charge >= 0.3 is 0 Å². The van der Waals surface area contributed by atoms with Crippen molar-refractivity contribution in [2.75, 3.05) is 0 Å². The fourth-order valence-corrected chi connectivity index (χ4v) is 2.14. The molecule has 0 spiro atoms. The summed E-state index contributed by atoms with van der Waals surface area (Å²) in [5, 5.41) is 22.8. The summed E-state index contributed by atoms with van der Waals surface area (Å²) in [4.78, 5) is 0. The fraction of sp³-hybridized carbons (Fsp3) is 0.250. The molecule has 0 aromatic heterocycles. The number of aromatic hydroxyl groups is 2. The van der Waals surface area contributed by atoms with E-state index in [1.165, 1.54) is 11.6 Å². The van der Waals surface area contributed by atoms with E-state index >= 15 is 0 Å². The van der Waals surface area contributed by atoms with Gasteiger partial charge in [-0.25, -0.2) is 0 Å². The lowest BCUT2D eigenvalue weighted by molar-refractivity contribution is 0.402. The first kappa shape index (κ1) is 14.7. The van der Waals surface area contributed by atoms with Crippen molar-refractivity contribution in [2.24, 2.45) is 0 Å². The number of halogens is 1. The van der Waals surface area contributed by atoms with E-state index in [9.17, 15) is 10.2 Å². The van der Waals surface area contributed by atoms with E-state index in [4.69, 9.17) is 11.6 Å². The van der Waals surface area contributed by atoms with Gasteiger partial charge in [0.1, 0.15) is 0 Å². The van der Waals surface area contributed by atoms with Gasteiger partial charge in [0.25, 0.3) is 0 Å². The molecule has 2 aromatic carbocycles. The summed E-state index contributed by atoms with van der Waals surface area (Å²) < 4.78 is 0. The first-order chi connectivity index (χ1) is 9.54. The average Bonchev–Trinajstić information content (AvgIpc) is 2.43. The van der Waals surface area contributed by atoms with Crippen LogP contribution in [0.2, 0.25) is 5.02 Å². The summed E-state index contributed by atoms with van der Waals surface area (Å²) in [5.74, 6) is -0.183. The minimum absolute atomic E-state index is 0.0883. The molecule has 0 aliphatic rings. The summed E-state index contributed by atoms with van der Waals surface area (Å²) in [5.41, 5.74) is 2.16. The van der Waals surface area contributed by atoms with Gasteiger partial charge in [0.2, 0.25) is 0 Å². The highest BCUT2D eigenvalue weighted by Gasteiger charge is 2.05. The minimum atomic E-state index is -0.0945. The number of benzene rings is 2. The highest BCUT2D eigenvalue weighted by molar-refractivity contribution is 6.30. The second kappa shape index (κ2) is 6.64. The van der Waals surface area contributed by atoms with E-state index in [1.807, 2.05) is 24.3 Å². The third kappa shape index (κ3) is 4.15. The van der Waals surface area contributed by atoms with Crippen molar-refractivity contribution in [1.29, 1.82) is 0 Å². The number of hydrogen-bond acceptors (Lipinski definition) is 3. The molecule has 2 rings (SSSR count). The Morgan fingerprint density at radius 2 is 1.65 bits per heavy atom. The van der Waals surface area contributed by atoms with E-state index in [2.05, 4.69) is 12.2 Å². The van der Waals surface area contributed by atoms with E-state index in [-0.39, 0.29) is 11.5 Å². The van der Waals surface area contributed by atoms with Crippen LogP contribution in [0.25, 0.3) is 0 Å². The normalized spacial score (nSPS) is 12.3. The van der Waals surface area contributed by atoms with E-state index < -0.39 is 0 Å². The molecule has 0 saturated carbocycles. The predicted molar refractivity (Wildman–Crippen MR) is 81.2 cm³/mol. The number of phenols is 2. The molecule has 3 N–H and O–H groups in total. The Bertz CT molecular complexity index is 569. The Morgan fingerprint density at radius 3 is 2.30 bits per heavy atom. The molecular formula is C16H18ClNO2. The van der Waals surface area contributed by atoms with Crippen LogP contribution >= 0.6 is 11.6 Å². The summed E-state index contributed by atoms with van der Waals surface area (Å²) in [6, 6.07) is 13.0. The zero-order valence-electron chi connectivity index (χ0n) is 11.3. The predicted octanol–water partition coefficient (Wildman–Crippen LogP) is 3.47. The molecule has 0 bridgehead atoms. The maximum absolute atomic E-state index is 9.44. The molecule has 1 atom stereocenters. The van der Waals surface area contributed by atoms with Gasteiger partial charge in [-0.15, -0.1) is 0 Å². The molecule has 0 heterocycles. The lowest BCUT2D eigenvalue weighted by atomic mass is 10.1. The van der Waals surface area contributed by atoms with Crippen LogP contribution in [0.1, 0.15) is 18.1 Å². The van der Waals surface area contributed by atoms with Crippen LogP contribution in [0.5, 0.6) is 11.5 Å². The molecule has 0 aliphatic carbocycles. The Balaban J connectivity index is 1.86. The van der Waals surface area contributed by atoms with Gasteiger partial charge in [0, 0.05) is 17.6 Å². The number of phenolic OH excluding ortho intramolecular Hbond substituents is 2. The average molecular weight is 292 g/mol. The Morgan fingerprint density at radius 1 is 1.00 bits per heavy atom. The van der Waals surface area contributed by atoms with Gasteiger partial charge in [0.15, 0.2) is 11.5 Å². The molecule has 3 nitrogen and oxygen atoms in total. The second-order valence-corrected chi connectivity index (χ2v) is 5.37. The van der Waals surface area contributed by atoms with E-state index in [0.717, 1.165) is 17.0 Å². The molecule has 20 heavy (non-hydrogen) atoms. The van der Waals surface area contributed by atoms with E-state index in [1.54, 1.807) is 12.1 Å². The second-order valence-electron chi connectivity index (χ2n) is 4.94. The third-order valence-corrected chi connectivity index (χ3v) is 3.40. The molecule has 0 aliphatic heterocycles. The van der Waals surface area contributed by atoms with Gasteiger partial charge in [-0.1, -0.05) is 29.8 Å². The lowest BCUT2D eigenvalue weighted by Gasteiger charge is -2.14. The molecule has 1 unspecified atom stereocenters. The monoisotopic (exact) mass is 291 g/mol. The SMILES string of the molecule is CC(Cc1ccc(Cl)cc1)NCc1ccc(O)c(O)c1. The third-order valence-electron chi connectivity index (χ3n) is 3.15. The van der Waals surface area contributed by atoms with Gasteiger partial charge in [-0.05, 0) is 48.7 Å². The summed E-state index contributed by atoms with van der Waals surface area (Å²) >= 11 is 5.86. The molecule has 0 fully saturated rings. The highest BCUT2D eigenvalue weighted by atomic mass is 35.5. The largest absolute Gasteiger partial charge is 0.504 e. The quantitative estimate of drug-likeness (QED) is 0.739. The molecule has 4 heteroatoms. The maximum atomic E-state index is 9.44. The standard InChI is InChI=1S/C16H18ClNO2/c1-11(8-12-2-5-14(17)6-3-12)18-10-13-4-7-15(19)16(20)9-13/h2-7,9,11,18-20H,8,10H2,1H3. The molecule has 0 amide bonds. The first-order valence-electron chi connectivity index (χ1n) is 6.53. The number of hydrogen-bond donors (Lipinski definition) is 3. The zero-order chi connectivity index (χ0) is 14.5. The van der Waals surface area contributed by atoms with Crippen molar-refractivity contribution in [3.63, 3.8) is 0 Å². The minimum Gasteiger partial charge on any atom is -0.504 e. The van der Waals surface area contributed by atoms with Gasteiger partial charge in [-0.2, -0.15) is 0 Å². The van der Waals surface area contributed by atoms with Crippen molar-refractivity contribution in [1.82, 2.24) is 5.32 Å². The molecular weight excluding hydrogens is 274 g/mol. The summed E-state index contributed by atoms with van der Waals surface area (Å²) in [7, 11) is 0. The van der Waals surface area contributed by atoms with Crippen LogP contribution in [-0.4, -0.2) is 16.3 Å². The van der Waals surface area contributed by atoms with Gasteiger partial charge in [0.05, 0.1) is 0 Å². The summed E-state index contributed by atoms with van der Waals surface area (Å²) in [6.45, 7) is 2.75. The Kier molecular flexibility index (Phi) is 4.88. The molecule has 2 aromatic rings. The van der Waals surface area contributed by atoms with Crippen molar-refractivity contribution in [2.45, 2.75) is 25.9 Å².